The van der Waals surface area contributed by atoms with Crippen molar-refractivity contribution in [3.63, 3.8) is 0 Å². The summed E-state index contributed by atoms with van der Waals surface area (Å²) >= 11 is 0. The molecule has 40 heavy (non-hydrogen) atoms. The minimum absolute atomic E-state index is 0.0486. The molecular formula is C34H48NO5+. The fourth-order valence-electron chi connectivity index (χ4n) is 10.6. The van der Waals surface area contributed by atoms with Crippen LogP contribution in [-0.4, -0.2) is 56.0 Å². The molecule has 0 radical (unpaired) electrons. The number of methoxy groups -OCH3 is 1. The monoisotopic (exact) mass is 550 g/mol. The molecule has 7 rings (SSSR count). The molecule has 2 aliphatic heterocycles. The molecule has 2 heterocycles. The Bertz CT molecular complexity index is 1250. The number of aliphatic hydroxyl groups excluding tert-OH is 1. The van der Waals surface area contributed by atoms with Crippen molar-refractivity contribution in [2.45, 2.75) is 90.2 Å². The molecule has 0 amide bonds. The van der Waals surface area contributed by atoms with Gasteiger partial charge in [-0.15, -0.1) is 0 Å². The Labute approximate surface area is 239 Å². The molecule has 3 saturated carbocycles. The van der Waals surface area contributed by atoms with Crippen molar-refractivity contribution in [1.29, 1.82) is 0 Å². The second kappa shape index (κ2) is 9.22. The van der Waals surface area contributed by atoms with Crippen molar-refractivity contribution in [3.8, 4) is 17.2 Å². The summed E-state index contributed by atoms with van der Waals surface area (Å²) in [6, 6.07) is 2.17. The number of Topliss-reactive ketones (excluding diaryl/α,β-unsaturated/α-hetero) is 1. The lowest BCUT2D eigenvalue weighted by atomic mass is 9.47. The highest BCUT2D eigenvalue weighted by molar-refractivity contribution is 5.83. The zero-order chi connectivity index (χ0) is 28.0. The molecule has 0 spiro atoms. The Hall–Kier alpha value is -2.05. The molecule has 4 aliphatic carbocycles. The number of fused-ring (bicyclic) bond motifs is 7. The third-order valence-corrected chi connectivity index (χ3v) is 12.9. The molecule has 6 nitrogen and oxygen atoms in total. The number of likely N-dealkylation sites (N-methyl/N-ethyl adjacent to an activating group) is 1. The third kappa shape index (κ3) is 3.77. The quantitative estimate of drug-likeness (QED) is 0.368. The molecule has 0 bridgehead atoms. The lowest BCUT2D eigenvalue weighted by Crippen LogP contribution is -2.52. The lowest BCUT2D eigenvalue weighted by molar-refractivity contribution is -0.922. The van der Waals surface area contributed by atoms with Gasteiger partial charge < -0.3 is 23.8 Å². The number of benzene rings is 1. The summed E-state index contributed by atoms with van der Waals surface area (Å²) in [6.07, 6.45) is 12.5. The summed E-state index contributed by atoms with van der Waals surface area (Å²) < 4.78 is 18.3. The van der Waals surface area contributed by atoms with Gasteiger partial charge in [0.1, 0.15) is 11.8 Å². The fraction of sp³-hybridized carbons (Fsp3) is 0.735. The van der Waals surface area contributed by atoms with E-state index in [1.54, 1.807) is 7.11 Å². The van der Waals surface area contributed by atoms with Crippen LogP contribution in [0, 0.1) is 34.5 Å². The van der Waals surface area contributed by atoms with Crippen molar-refractivity contribution in [1.82, 2.24) is 0 Å². The van der Waals surface area contributed by atoms with Crippen molar-refractivity contribution >= 4 is 5.78 Å². The van der Waals surface area contributed by atoms with Gasteiger partial charge in [0.25, 0.3) is 0 Å². The molecule has 6 heteroatoms. The smallest absolute Gasteiger partial charge is 0.231 e. The van der Waals surface area contributed by atoms with Gasteiger partial charge in [0.15, 0.2) is 11.5 Å². The van der Waals surface area contributed by atoms with E-state index < -0.39 is 0 Å². The highest BCUT2D eigenvalue weighted by Crippen LogP contribution is 2.66. The van der Waals surface area contributed by atoms with Crippen LogP contribution in [-0.2, 0) is 11.2 Å². The fourth-order valence-corrected chi connectivity index (χ4v) is 10.6. The first-order valence-electron chi connectivity index (χ1n) is 15.8. The first-order chi connectivity index (χ1) is 19.1. The summed E-state index contributed by atoms with van der Waals surface area (Å²) in [5.74, 6) is 4.79. The second-order valence-corrected chi connectivity index (χ2v) is 15.0. The number of aliphatic hydroxyl groups is 1. The topological polar surface area (TPSA) is 65.0 Å². The first kappa shape index (κ1) is 26.8. The van der Waals surface area contributed by atoms with Gasteiger partial charge in [-0.3, -0.25) is 4.79 Å². The average molecular weight is 551 g/mol. The van der Waals surface area contributed by atoms with Gasteiger partial charge in [0, 0.05) is 12.3 Å². The molecule has 1 aromatic carbocycles. The number of ketones is 1. The van der Waals surface area contributed by atoms with E-state index >= 15 is 0 Å². The molecule has 0 aromatic heterocycles. The van der Waals surface area contributed by atoms with Crippen LogP contribution in [0.25, 0.3) is 0 Å². The van der Waals surface area contributed by atoms with Crippen molar-refractivity contribution < 1.29 is 28.6 Å². The molecule has 8 atom stereocenters. The van der Waals surface area contributed by atoms with Gasteiger partial charge in [-0.2, -0.15) is 0 Å². The first-order valence-corrected chi connectivity index (χ1v) is 15.8. The maximum absolute atomic E-state index is 14.4. The Morgan fingerprint density at radius 1 is 1.12 bits per heavy atom. The van der Waals surface area contributed by atoms with Crippen molar-refractivity contribution in [2.75, 3.05) is 34.5 Å². The zero-order valence-electron chi connectivity index (χ0n) is 25.1. The van der Waals surface area contributed by atoms with E-state index in [-0.39, 0.29) is 35.7 Å². The zero-order valence-corrected chi connectivity index (χ0v) is 25.1. The number of carbonyl (C=O) groups is 1. The summed E-state index contributed by atoms with van der Waals surface area (Å²) in [5.41, 5.74) is 4.23. The van der Waals surface area contributed by atoms with Crippen LogP contribution in [0.15, 0.2) is 17.7 Å². The van der Waals surface area contributed by atoms with E-state index in [1.807, 2.05) is 0 Å². The molecule has 0 saturated heterocycles. The summed E-state index contributed by atoms with van der Waals surface area (Å²) in [5, 5.41) is 10.4. The highest BCUT2D eigenvalue weighted by Gasteiger charge is 2.60. The van der Waals surface area contributed by atoms with Gasteiger partial charge in [0.2, 0.25) is 12.5 Å². The molecule has 218 valence electrons. The van der Waals surface area contributed by atoms with E-state index in [2.05, 4.69) is 40.1 Å². The summed E-state index contributed by atoms with van der Waals surface area (Å²) in [6.45, 7) is 6.16. The van der Waals surface area contributed by atoms with Gasteiger partial charge in [-0.05, 0) is 91.6 Å². The molecular weight excluding hydrogens is 502 g/mol. The number of hydrogen-bond donors (Lipinski definition) is 1. The van der Waals surface area contributed by atoms with Crippen LogP contribution in [0.3, 0.4) is 0 Å². The Morgan fingerprint density at radius 2 is 1.95 bits per heavy atom. The van der Waals surface area contributed by atoms with E-state index in [1.165, 1.54) is 24.0 Å². The maximum Gasteiger partial charge on any atom is 0.231 e. The molecule has 1 N–H and O–H groups in total. The van der Waals surface area contributed by atoms with E-state index in [0.717, 1.165) is 73.0 Å². The second-order valence-electron chi connectivity index (χ2n) is 15.0. The summed E-state index contributed by atoms with van der Waals surface area (Å²) in [7, 11) is 6.25. The number of allylic oxidation sites excluding steroid dienone is 1. The minimum atomic E-state index is -0.162. The van der Waals surface area contributed by atoms with Crippen LogP contribution in [0.4, 0.5) is 0 Å². The highest BCUT2D eigenvalue weighted by atomic mass is 16.7. The summed E-state index contributed by atoms with van der Waals surface area (Å²) in [4.78, 5) is 14.4. The average Bonchev–Trinajstić information content (AvgIpc) is 3.53. The predicted molar refractivity (Wildman–Crippen MR) is 153 cm³/mol. The number of carbonyl (C=O) groups excluding carboxylic acids is 1. The molecule has 3 fully saturated rings. The lowest BCUT2D eigenvalue weighted by Gasteiger charge is -2.58. The number of hydrogen-bond acceptors (Lipinski definition) is 5. The van der Waals surface area contributed by atoms with E-state index in [0.29, 0.717) is 35.7 Å². The van der Waals surface area contributed by atoms with Crippen LogP contribution in [0.2, 0.25) is 0 Å². The third-order valence-electron chi connectivity index (χ3n) is 12.9. The van der Waals surface area contributed by atoms with Crippen molar-refractivity contribution in [3.05, 3.63) is 28.8 Å². The number of nitrogens with zero attached hydrogens (tertiary/aromatic N) is 1. The van der Waals surface area contributed by atoms with Crippen LogP contribution >= 0.6 is 0 Å². The normalized spacial score (nSPS) is 40.8. The Balaban J connectivity index is 1.16. The maximum atomic E-state index is 14.4. The van der Waals surface area contributed by atoms with Crippen molar-refractivity contribution in [2.24, 2.45) is 34.5 Å². The van der Waals surface area contributed by atoms with Crippen LogP contribution in [0.5, 0.6) is 17.2 Å². The molecule has 0 unspecified atom stereocenters. The standard InChI is InChI=1S/C34H48NO5/c1-33-13-10-22(36)17-21(33)6-7-23-24-8-9-26(34(24,2)14-11-25(23)33)28(37)18-27-30-20(12-15-35(27,3)4)16-29-31(32(30)38-5)40-19-39-29/h6,16,22-27,36H,7-15,17-19H2,1-5H3/q+1/t22-,23-,24+,25-,26-,27-,33-,34-/m0/s1. The minimum Gasteiger partial charge on any atom is -0.492 e. The van der Waals surface area contributed by atoms with Gasteiger partial charge in [0.05, 0.1) is 45.8 Å². The Morgan fingerprint density at radius 3 is 2.75 bits per heavy atom. The van der Waals surface area contributed by atoms with Crippen LogP contribution < -0.4 is 14.2 Å². The van der Waals surface area contributed by atoms with Gasteiger partial charge >= 0.3 is 0 Å². The van der Waals surface area contributed by atoms with E-state index in [9.17, 15) is 9.90 Å². The largest absolute Gasteiger partial charge is 0.492 e. The molecule has 1 aromatic rings. The van der Waals surface area contributed by atoms with Gasteiger partial charge in [-0.1, -0.05) is 25.5 Å². The Kier molecular flexibility index (Phi) is 6.19. The number of rotatable bonds is 4. The van der Waals surface area contributed by atoms with E-state index in [4.69, 9.17) is 14.2 Å². The van der Waals surface area contributed by atoms with Crippen LogP contribution in [0.1, 0.15) is 88.8 Å². The molecule has 6 aliphatic rings. The number of ether oxygens (including phenoxy) is 3. The SMILES string of the molecule is COc1c2c(cc3c1[C@H](CC(=O)[C@@H]1CC[C@@H]4[C@@H]5CC=C6C[C@@H](O)CC[C@]6(C)[C@H]5CC[C@@]41C)[N+](C)(C)CC3)OCO2. The predicted octanol–water partition coefficient (Wildman–Crippen LogP) is 6.00. The number of quaternary nitrogens is 1. The van der Waals surface area contributed by atoms with Gasteiger partial charge in [-0.25, -0.2) is 0 Å².